The van der Waals surface area contributed by atoms with Crippen molar-refractivity contribution >= 4 is 16.9 Å². The number of hydrogen-bond acceptors (Lipinski definition) is 4. The minimum absolute atomic E-state index is 0.0769. The Morgan fingerprint density at radius 1 is 1.36 bits per heavy atom. The number of nitrogens with one attached hydrogen (secondary N) is 1. The molecular weight excluding hydrogens is 314 g/mol. The second-order valence-corrected chi connectivity index (χ2v) is 7.21. The van der Waals surface area contributed by atoms with Gasteiger partial charge in [-0.05, 0) is 55.0 Å². The summed E-state index contributed by atoms with van der Waals surface area (Å²) < 4.78 is 5.15. The second-order valence-electron chi connectivity index (χ2n) is 7.21. The van der Waals surface area contributed by atoms with E-state index >= 15 is 0 Å². The van der Waals surface area contributed by atoms with Crippen molar-refractivity contribution in [3.05, 3.63) is 46.9 Å². The van der Waals surface area contributed by atoms with Crippen LogP contribution in [0.25, 0.3) is 22.3 Å². The third-order valence-corrected chi connectivity index (χ3v) is 4.84. The molecule has 0 atom stereocenters. The van der Waals surface area contributed by atoms with Crippen LogP contribution in [0.4, 0.5) is 0 Å². The Kier molecular flexibility index (Phi) is 3.42. The number of carbonyl (C=O) groups is 1. The molecule has 0 aliphatic heterocycles. The van der Waals surface area contributed by atoms with Gasteiger partial charge in [-0.3, -0.25) is 0 Å². The van der Waals surface area contributed by atoms with Crippen molar-refractivity contribution in [2.75, 3.05) is 6.61 Å². The lowest BCUT2D eigenvalue weighted by molar-refractivity contribution is 0.0526. The summed E-state index contributed by atoms with van der Waals surface area (Å²) in [5, 5.41) is 1.06. The maximum Gasteiger partial charge on any atom is 0.338 e. The first-order chi connectivity index (χ1) is 11.9. The number of esters is 1. The fourth-order valence-electron chi connectivity index (χ4n) is 3.82. The van der Waals surface area contributed by atoms with Crippen molar-refractivity contribution in [2.24, 2.45) is 0 Å². The highest BCUT2D eigenvalue weighted by Gasteiger charge is 2.35. The van der Waals surface area contributed by atoms with Crippen LogP contribution in [0.3, 0.4) is 0 Å². The Balaban J connectivity index is 1.98. The SMILES string of the molecule is CCOC(=O)c1ccc2[nH]c3c(c2c1)C(C)(C)Cc1cnc(C)nc1-3. The molecule has 0 bridgehead atoms. The minimum atomic E-state index is -0.286. The maximum absolute atomic E-state index is 12.1. The number of benzene rings is 1. The lowest BCUT2D eigenvalue weighted by Crippen LogP contribution is -2.26. The number of aromatic nitrogens is 3. The number of fused-ring (bicyclic) bond motifs is 5. The highest BCUT2D eigenvalue weighted by Crippen LogP contribution is 2.45. The van der Waals surface area contributed by atoms with E-state index in [1.807, 2.05) is 32.2 Å². The third kappa shape index (κ3) is 2.42. The van der Waals surface area contributed by atoms with Crippen LogP contribution in [0.5, 0.6) is 0 Å². The minimum Gasteiger partial charge on any atom is -0.462 e. The molecule has 3 aromatic rings. The molecule has 0 radical (unpaired) electrons. The molecule has 0 saturated heterocycles. The van der Waals surface area contributed by atoms with Gasteiger partial charge >= 0.3 is 5.97 Å². The average Bonchev–Trinajstić information content (AvgIpc) is 2.95. The highest BCUT2D eigenvalue weighted by atomic mass is 16.5. The van der Waals surface area contributed by atoms with Crippen molar-refractivity contribution < 1.29 is 9.53 Å². The van der Waals surface area contributed by atoms with Gasteiger partial charge in [-0.15, -0.1) is 0 Å². The molecule has 5 nitrogen and oxygen atoms in total. The second kappa shape index (κ2) is 5.41. The average molecular weight is 335 g/mol. The van der Waals surface area contributed by atoms with Gasteiger partial charge in [-0.25, -0.2) is 14.8 Å². The van der Waals surface area contributed by atoms with Gasteiger partial charge in [0.1, 0.15) is 5.82 Å². The van der Waals surface area contributed by atoms with E-state index in [2.05, 4.69) is 28.8 Å². The number of carbonyl (C=O) groups excluding carboxylic acids is 1. The van der Waals surface area contributed by atoms with Gasteiger partial charge in [-0.2, -0.15) is 0 Å². The predicted octanol–water partition coefficient (Wildman–Crippen LogP) is 3.94. The van der Waals surface area contributed by atoms with Gasteiger partial charge in [-0.1, -0.05) is 13.8 Å². The molecule has 4 rings (SSSR count). The molecule has 1 aromatic carbocycles. The van der Waals surface area contributed by atoms with Gasteiger partial charge in [0.2, 0.25) is 0 Å². The Bertz CT molecular complexity index is 1000. The Morgan fingerprint density at radius 3 is 2.92 bits per heavy atom. The summed E-state index contributed by atoms with van der Waals surface area (Å²) in [4.78, 5) is 24.7. The van der Waals surface area contributed by atoms with E-state index in [-0.39, 0.29) is 11.4 Å². The summed E-state index contributed by atoms with van der Waals surface area (Å²) in [5.74, 6) is 0.474. The van der Waals surface area contributed by atoms with E-state index < -0.39 is 0 Å². The van der Waals surface area contributed by atoms with E-state index in [9.17, 15) is 4.79 Å². The van der Waals surface area contributed by atoms with Gasteiger partial charge in [0, 0.05) is 17.1 Å². The zero-order valence-corrected chi connectivity index (χ0v) is 14.9. The van der Waals surface area contributed by atoms with Crippen LogP contribution in [0.2, 0.25) is 0 Å². The first kappa shape index (κ1) is 15.8. The zero-order chi connectivity index (χ0) is 17.8. The number of H-pyrrole nitrogens is 1. The highest BCUT2D eigenvalue weighted by molar-refractivity contribution is 5.99. The molecule has 0 unspecified atom stereocenters. The topological polar surface area (TPSA) is 67.9 Å². The van der Waals surface area contributed by atoms with Crippen molar-refractivity contribution in [1.82, 2.24) is 15.0 Å². The fraction of sp³-hybridized carbons (Fsp3) is 0.350. The summed E-state index contributed by atoms with van der Waals surface area (Å²) in [6.45, 7) is 8.53. The Labute approximate surface area is 146 Å². The van der Waals surface area contributed by atoms with Crippen LogP contribution >= 0.6 is 0 Å². The maximum atomic E-state index is 12.1. The molecular formula is C20H21N3O2. The molecule has 2 aromatic heterocycles. The third-order valence-electron chi connectivity index (χ3n) is 4.84. The lowest BCUT2D eigenvalue weighted by atomic mass is 9.73. The molecule has 2 heterocycles. The molecule has 0 spiro atoms. The molecule has 0 fully saturated rings. The van der Waals surface area contributed by atoms with E-state index in [0.29, 0.717) is 12.2 Å². The van der Waals surface area contributed by atoms with Gasteiger partial charge < -0.3 is 9.72 Å². The number of ether oxygens (including phenoxy) is 1. The Morgan fingerprint density at radius 2 is 2.16 bits per heavy atom. The number of aryl methyl sites for hydroxylation is 1. The number of rotatable bonds is 2. The van der Waals surface area contributed by atoms with Gasteiger partial charge in [0.05, 0.1) is 23.6 Å². The smallest absolute Gasteiger partial charge is 0.338 e. The lowest BCUT2D eigenvalue weighted by Gasteiger charge is -2.31. The standard InChI is InChI=1S/C20H21N3O2/c1-5-25-19(24)12-6-7-15-14(8-12)16-18(23-15)17-13(9-20(16,3)4)10-21-11(2)22-17/h6-8,10,23H,5,9H2,1-4H3. The Hall–Kier alpha value is -2.69. The number of aromatic amines is 1. The predicted molar refractivity (Wildman–Crippen MR) is 96.7 cm³/mol. The van der Waals surface area contributed by atoms with Crippen LogP contribution in [-0.2, 0) is 16.6 Å². The summed E-state index contributed by atoms with van der Waals surface area (Å²) in [7, 11) is 0. The van der Waals surface area contributed by atoms with E-state index in [4.69, 9.17) is 4.74 Å². The van der Waals surface area contributed by atoms with Crippen LogP contribution in [-0.4, -0.2) is 27.5 Å². The van der Waals surface area contributed by atoms with Gasteiger partial charge in [0.25, 0.3) is 0 Å². The summed E-state index contributed by atoms with van der Waals surface area (Å²) >= 11 is 0. The molecule has 1 N–H and O–H groups in total. The van der Waals surface area contributed by atoms with Crippen LogP contribution < -0.4 is 0 Å². The quantitative estimate of drug-likeness (QED) is 0.720. The summed E-state index contributed by atoms with van der Waals surface area (Å²) in [6, 6.07) is 5.69. The van der Waals surface area contributed by atoms with Crippen molar-refractivity contribution in [3.8, 4) is 11.4 Å². The van der Waals surface area contributed by atoms with Crippen LogP contribution in [0, 0.1) is 6.92 Å². The molecule has 0 amide bonds. The normalized spacial score (nSPS) is 14.9. The zero-order valence-electron chi connectivity index (χ0n) is 14.9. The van der Waals surface area contributed by atoms with E-state index in [1.165, 1.54) is 5.56 Å². The van der Waals surface area contributed by atoms with E-state index in [1.54, 1.807) is 6.07 Å². The molecule has 5 heteroatoms. The van der Waals surface area contributed by atoms with Crippen LogP contribution in [0.15, 0.2) is 24.4 Å². The number of nitrogens with zero attached hydrogens (tertiary/aromatic N) is 2. The van der Waals surface area contributed by atoms with Gasteiger partial charge in [0.15, 0.2) is 0 Å². The molecule has 128 valence electrons. The molecule has 25 heavy (non-hydrogen) atoms. The van der Waals surface area contributed by atoms with Crippen molar-refractivity contribution in [2.45, 2.75) is 39.5 Å². The monoisotopic (exact) mass is 335 g/mol. The molecule has 1 aliphatic rings. The summed E-state index contributed by atoms with van der Waals surface area (Å²) in [6.07, 6.45) is 2.80. The van der Waals surface area contributed by atoms with Crippen molar-refractivity contribution in [3.63, 3.8) is 0 Å². The summed E-state index contributed by atoms with van der Waals surface area (Å²) in [5.41, 5.74) is 5.88. The largest absolute Gasteiger partial charge is 0.462 e. The first-order valence-corrected chi connectivity index (χ1v) is 8.57. The number of hydrogen-bond donors (Lipinski definition) is 1. The van der Waals surface area contributed by atoms with Crippen molar-refractivity contribution in [1.29, 1.82) is 0 Å². The molecule has 1 aliphatic carbocycles. The first-order valence-electron chi connectivity index (χ1n) is 8.57. The molecule has 0 saturated carbocycles. The van der Waals surface area contributed by atoms with Crippen LogP contribution in [0.1, 0.15) is 48.1 Å². The van der Waals surface area contributed by atoms with E-state index in [0.717, 1.165) is 40.1 Å². The fourth-order valence-corrected chi connectivity index (χ4v) is 3.82.